The summed E-state index contributed by atoms with van der Waals surface area (Å²) >= 11 is 5.79. The molecule has 0 saturated carbocycles. The molecule has 1 N–H and O–H groups in total. The summed E-state index contributed by atoms with van der Waals surface area (Å²) in [5, 5.41) is 2.90. The molecule has 2 aliphatic heterocycles. The Morgan fingerprint density at radius 1 is 1.10 bits per heavy atom. The maximum absolute atomic E-state index is 13.3. The van der Waals surface area contributed by atoms with Crippen LogP contribution in [0.4, 0.5) is 18.9 Å². The Bertz CT molecular complexity index is 890. The predicted octanol–water partition coefficient (Wildman–Crippen LogP) is 4.17. The van der Waals surface area contributed by atoms with E-state index in [0.29, 0.717) is 12.2 Å². The van der Waals surface area contributed by atoms with Gasteiger partial charge in [0.25, 0.3) is 6.43 Å². The topological polar surface area (TPSA) is 35.6 Å². The summed E-state index contributed by atoms with van der Waals surface area (Å²) in [5.74, 6) is -0.703. The molecule has 2 aromatic carbocycles. The Balaban J connectivity index is 1.21. The second kappa shape index (κ2) is 7.97. The lowest BCUT2D eigenvalue weighted by Crippen LogP contribution is -2.72. The molecule has 1 spiro atoms. The van der Waals surface area contributed by atoms with Crippen LogP contribution < -0.4 is 5.32 Å². The number of nitrogens with one attached hydrogen (secondary N) is 1. The van der Waals surface area contributed by atoms with Crippen molar-refractivity contribution in [1.82, 2.24) is 9.80 Å². The number of alkyl halides is 2. The Morgan fingerprint density at radius 3 is 2.52 bits per heavy atom. The van der Waals surface area contributed by atoms with E-state index < -0.39 is 12.2 Å². The van der Waals surface area contributed by atoms with Crippen molar-refractivity contribution in [3.63, 3.8) is 0 Å². The third-order valence-corrected chi connectivity index (χ3v) is 5.58. The lowest BCUT2D eigenvalue weighted by atomic mass is 9.72. The third-order valence-electron chi connectivity index (χ3n) is 5.36. The predicted molar refractivity (Wildman–Crippen MR) is 106 cm³/mol. The van der Waals surface area contributed by atoms with Gasteiger partial charge < -0.3 is 5.32 Å². The molecule has 2 aliphatic rings. The van der Waals surface area contributed by atoms with E-state index in [0.717, 1.165) is 31.7 Å². The first-order chi connectivity index (χ1) is 13.8. The van der Waals surface area contributed by atoms with Crippen LogP contribution in [0.5, 0.6) is 0 Å². The molecule has 0 aliphatic carbocycles. The Hall–Kier alpha value is -2.09. The first kappa shape index (κ1) is 20.2. The average Bonchev–Trinajstić information content (AvgIpc) is 2.57. The number of likely N-dealkylation sites (tertiary alicyclic amines) is 2. The number of amides is 1. The van der Waals surface area contributed by atoms with Crippen molar-refractivity contribution >= 4 is 23.2 Å². The summed E-state index contributed by atoms with van der Waals surface area (Å²) in [6, 6.07) is 10.5. The van der Waals surface area contributed by atoms with Gasteiger partial charge in [-0.15, -0.1) is 0 Å². The van der Waals surface area contributed by atoms with Crippen molar-refractivity contribution in [1.29, 1.82) is 0 Å². The molecule has 4 rings (SSSR count). The molecule has 2 fully saturated rings. The van der Waals surface area contributed by atoms with Crippen LogP contribution in [0.3, 0.4) is 0 Å². The Morgan fingerprint density at radius 2 is 1.83 bits per heavy atom. The summed E-state index contributed by atoms with van der Waals surface area (Å²) in [4.78, 5) is 16.4. The quantitative estimate of drug-likeness (QED) is 0.757. The zero-order chi connectivity index (χ0) is 20.6. The number of hydrogen-bond donors (Lipinski definition) is 1. The highest BCUT2D eigenvalue weighted by Gasteiger charge is 2.51. The van der Waals surface area contributed by atoms with E-state index in [-0.39, 0.29) is 28.5 Å². The van der Waals surface area contributed by atoms with Gasteiger partial charge in [0, 0.05) is 54.4 Å². The fourth-order valence-electron chi connectivity index (χ4n) is 4.34. The van der Waals surface area contributed by atoms with E-state index in [9.17, 15) is 18.0 Å². The minimum absolute atomic E-state index is 0.0538. The van der Waals surface area contributed by atoms with Crippen LogP contribution in [0.15, 0.2) is 42.5 Å². The maximum Gasteiger partial charge on any atom is 0.263 e. The number of carbonyl (C=O) groups is 1. The van der Waals surface area contributed by atoms with Crippen molar-refractivity contribution in [3.05, 3.63) is 64.4 Å². The normalized spacial score (nSPS) is 18.5. The molecular formula is C21H21ClF3N3O. The minimum Gasteiger partial charge on any atom is -0.325 e. The van der Waals surface area contributed by atoms with E-state index in [1.165, 1.54) is 24.3 Å². The smallest absolute Gasteiger partial charge is 0.263 e. The fraction of sp³-hybridized carbons (Fsp3) is 0.381. The second-order valence-corrected chi connectivity index (χ2v) is 8.48. The first-order valence-corrected chi connectivity index (χ1v) is 9.76. The molecule has 0 radical (unpaired) electrons. The largest absolute Gasteiger partial charge is 0.325 e. The summed E-state index contributed by atoms with van der Waals surface area (Å²) in [5.41, 5.74) is 1.47. The molecule has 0 unspecified atom stereocenters. The van der Waals surface area contributed by atoms with Crippen LogP contribution in [0, 0.1) is 11.2 Å². The molecule has 1 amide bonds. The van der Waals surface area contributed by atoms with Crippen molar-refractivity contribution < 1.29 is 18.0 Å². The Kier molecular flexibility index (Phi) is 5.55. The molecule has 154 valence electrons. The number of rotatable bonds is 6. The van der Waals surface area contributed by atoms with Gasteiger partial charge in [0.2, 0.25) is 5.91 Å². The molecule has 29 heavy (non-hydrogen) atoms. The van der Waals surface area contributed by atoms with Gasteiger partial charge in [-0.3, -0.25) is 14.6 Å². The average molecular weight is 424 g/mol. The maximum atomic E-state index is 13.3. The first-order valence-electron chi connectivity index (χ1n) is 9.38. The van der Waals surface area contributed by atoms with Gasteiger partial charge >= 0.3 is 0 Å². The third kappa shape index (κ3) is 4.74. The lowest BCUT2D eigenvalue weighted by molar-refractivity contribution is -0.134. The van der Waals surface area contributed by atoms with Gasteiger partial charge in [0.1, 0.15) is 5.82 Å². The monoisotopic (exact) mass is 423 g/mol. The molecule has 2 aromatic rings. The van der Waals surface area contributed by atoms with Crippen LogP contribution in [-0.4, -0.2) is 48.4 Å². The molecule has 2 heterocycles. The van der Waals surface area contributed by atoms with Gasteiger partial charge in [-0.25, -0.2) is 13.2 Å². The highest BCUT2D eigenvalue weighted by molar-refractivity contribution is 6.30. The molecule has 0 atom stereocenters. The summed E-state index contributed by atoms with van der Waals surface area (Å²) < 4.78 is 39.0. The molecule has 2 saturated heterocycles. The highest BCUT2D eigenvalue weighted by atomic mass is 35.5. The second-order valence-electron chi connectivity index (χ2n) is 8.04. The van der Waals surface area contributed by atoms with Crippen LogP contribution in [0.1, 0.15) is 17.6 Å². The van der Waals surface area contributed by atoms with Crippen molar-refractivity contribution in [3.8, 4) is 0 Å². The van der Waals surface area contributed by atoms with Crippen LogP contribution >= 0.6 is 11.6 Å². The van der Waals surface area contributed by atoms with Crippen LogP contribution in [-0.2, 0) is 11.3 Å². The Labute approximate surface area is 172 Å². The number of benzene rings is 2. The summed E-state index contributed by atoms with van der Waals surface area (Å²) in [6.45, 7) is 4.32. The number of nitrogens with zero attached hydrogens (tertiary/aromatic N) is 2. The van der Waals surface area contributed by atoms with Crippen LogP contribution in [0.25, 0.3) is 0 Å². The molecule has 8 heteroatoms. The molecular weight excluding hydrogens is 403 g/mol. The number of hydrogen-bond acceptors (Lipinski definition) is 3. The van der Waals surface area contributed by atoms with Crippen molar-refractivity contribution in [2.45, 2.75) is 13.0 Å². The van der Waals surface area contributed by atoms with E-state index >= 15 is 0 Å². The zero-order valence-corrected chi connectivity index (χ0v) is 16.4. The lowest BCUT2D eigenvalue weighted by Gasteiger charge is -2.60. The number of halogens is 4. The molecule has 4 nitrogen and oxygen atoms in total. The van der Waals surface area contributed by atoms with E-state index in [4.69, 9.17) is 11.6 Å². The number of carbonyl (C=O) groups excluding carboxylic acids is 1. The molecule has 0 bridgehead atoms. The van der Waals surface area contributed by atoms with Crippen molar-refractivity contribution in [2.24, 2.45) is 5.41 Å². The minimum atomic E-state index is -2.45. The summed E-state index contributed by atoms with van der Waals surface area (Å²) in [7, 11) is 0. The SMILES string of the molecule is O=C(CN1CC2(C1)CN(Cc1cccc(C(F)F)c1)C2)Nc1cc(F)cc(Cl)c1. The van der Waals surface area contributed by atoms with E-state index in [2.05, 4.69) is 10.2 Å². The standard InChI is InChI=1S/C21H21ClF3N3O/c22-16-5-17(23)7-18(6-16)26-19(29)9-28-12-21(13-28)10-27(11-21)8-14-2-1-3-15(4-14)20(24)25/h1-7,20H,8-13H2,(H,26,29). The molecule has 0 aromatic heterocycles. The van der Waals surface area contributed by atoms with E-state index in [1.54, 1.807) is 12.1 Å². The number of anilines is 1. The van der Waals surface area contributed by atoms with Gasteiger partial charge in [-0.2, -0.15) is 0 Å². The van der Waals surface area contributed by atoms with Gasteiger partial charge in [-0.1, -0.05) is 29.8 Å². The van der Waals surface area contributed by atoms with Gasteiger partial charge in [0.15, 0.2) is 0 Å². The van der Waals surface area contributed by atoms with Gasteiger partial charge in [-0.05, 0) is 29.8 Å². The fourth-order valence-corrected chi connectivity index (χ4v) is 4.57. The van der Waals surface area contributed by atoms with E-state index in [1.807, 2.05) is 11.0 Å². The van der Waals surface area contributed by atoms with Crippen LogP contribution in [0.2, 0.25) is 5.02 Å². The van der Waals surface area contributed by atoms with Gasteiger partial charge in [0.05, 0.1) is 6.54 Å². The highest BCUT2D eigenvalue weighted by Crippen LogP contribution is 2.40. The summed E-state index contributed by atoms with van der Waals surface area (Å²) in [6.07, 6.45) is -2.45. The van der Waals surface area contributed by atoms with Crippen molar-refractivity contribution in [2.75, 3.05) is 38.0 Å². The zero-order valence-electron chi connectivity index (χ0n) is 15.7.